The van der Waals surface area contributed by atoms with Crippen LogP contribution in [0.1, 0.15) is 27.1 Å². The summed E-state index contributed by atoms with van der Waals surface area (Å²) in [4.78, 5) is 17.2. The van der Waals surface area contributed by atoms with Crippen LogP contribution >= 0.6 is 11.3 Å². The molecular formula is C16H20N2O3S. The van der Waals surface area contributed by atoms with Crippen LogP contribution in [0.4, 0.5) is 0 Å². The van der Waals surface area contributed by atoms with Crippen molar-refractivity contribution in [3.05, 3.63) is 46.0 Å². The highest BCUT2D eigenvalue weighted by Crippen LogP contribution is 2.19. The number of aliphatic hydroxyl groups is 1. The molecule has 2 aromatic heterocycles. The van der Waals surface area contributed by atoms with Gasteiger partial charge in [0.05, 0.1) is 11.1 Å². The van der Waals surface area contributed by atoms with Crippen molar-refractivity contribution in [2.24, 2.45) is 0 Å². The fourth-order valence-corrected chi connectivity index (χ4v) is 3.51. The molecule has 0 aliphatic carbocycles. The minimum absolute atomic E-state index is 0.115. The van der Waals surface area contributed by atoms with Gasteiger partial charge in [0.15, 0.2) is 0 Å². The summed E-state index contributed by atoms with van der Waals surface area (Å²) < 4.78 is 5.22. The van der Waals surface area contributed by atoms with E-state index < -0.39 is 6.10 Å². The zero-order valence-corrected chi connectivity index (χ0v) is 13.4. The summed E-state index contributed by atoms with van der Waals surface area (Å²) in [6.07, 6.45) is 0.954. The maximum atomic E-state index is 12.4. The molecule has 22 heavy (non-hydrogen) atoms. The van der Waals surface area contributed by atoms with E-state index in [1.807, 2.05) is 23.3 Å². The van der Waals surface area contributed by atoms with Gasteiger partial charge in [-0.2, -0.15) is 0 Å². The highest BCUT2D eigenvalue weighted by molar-refractivity contribution is 7.12. The molecule has 0 saturated carbocycles. The third-order valence-electron chi connectivity index (χ3n) is 3.90. The van der Waals surface area contributed by atoms with E-state index in [-0.39, 0.29) is 5.91 Å². The molecule has 1 amide bonds. The molecule has 1 saturated heterocycles. The van der Waals surface area contributed by atoms with Crippen LogP contribution in [-0.4, -0.2) is 53.5 Å². The van der Waals surface area contributed by atoms with E-state index in [9.17, 15) is 9.90 Å². The lowest BCUT2D eigenvalue weighted by molar-refractivity contribution is 0.0489. The lowest BCUT2D eigenvalue weighted by Crippen LogP contribution is -2.49. The fourth-order valence-electron chi connectivity index (χ4n) is 2.65. The lowest BCUT2D eigenvalue weighted by Gasteiger charge is -2.35. The predicted molar refractivity (Wildman–Crippen MR) is 85.1 cm³/mol. The van der Waals surface area contributed by atoms with Crippen LogP contribution < -0.4 is 0 Å². The summed E-state index contributed by atoms with van der Waals surface area (Å²) in [6, 6.07) is 5.50. The Labute approximate surface area is 133 Å². The molecule has 6 heteroatoms. The van der Waals surface area contributed by atoms with Crippen molar-refractivity contribution in [3.63, 3.8) is 0 Å². The molecule has 0 aromatic carbocycles. The minimum Gasteiger partial charge on any atom is -0.467 e. The van der Waals surface area contributed by atoms with Crippen LogP contribution in [0, 0.1) is 6.92 Å². The van der Waals surface area contributed by atoms with E-state index in [4.69, 9.17) is 4.42 Å². The van der Waals surface area contributed by atoms with Crippen LogP contribution in [0.3, 0.4) is 0 Å². The van der Waals surface area contributed by atoms with Gasteiger partial charge in [-0.25, -0.2) is 0 Å². The van der Waals surface area contributed by atoms with E-state index in [1.54, 1.807) is 18.4 Å². The SMILES string of the molecule is Cc1csc(C(=O)N2CCN(C[C@@H](O)c3ccco3)CC2)c1. The second-order valence-electron chi connectivity index (χ2n) is 5.61. The molecule has 0 radical (unpaired) electrons. The largest absolute Gasteiger partial charge is 0.467 e. The molecule has 5 nitrogen and oxygen atoms in total. The number of furan rings is 1. The Morgan fingerprint density at radius 3 is 2.77 bits per heavy atom. The molecule has 0 spiro atoms. The highest BCUT2D eigenvalue weighted by Gasteiger charge is 2.24. The number of β-amino-alcohol motifs (C(OH)–C–C–N with tert-alkyl or cyclic N) is 1. The van der Waals surface area contributed by atoms with Gasteiger partial charge >= 0.3 is 0 Å². The number of hydrogen-bond acceptors (Lipinski definition) is 5. The Hall–Kier alpha value is -1.63. The second-order valence-corrected chi connectivity index (χ2v) is 6.52. The molecular weight excluding hydrogens is 300 g/mol. The van der Waals surface area contributed by atoms with Gasteiger partial charge in [-0.15, -0.1) is 11.3 Å². The minimum atomic E-state index is -0.614. The molecule has 2 aromatic rings. The first-order chi connectivity index (χ1) is 10.6. The van der Waals surface area contributed by atoms with E-state index in [2.05, 4.69) is 4.90 Å². The van der Waals surface area contributed by atoms with Crippen LogP contribution in [0.25, 0.3) is 0 Å². The average molecular weight is 320 g/mol. The second kappa shape index (κ2) is 6.64. The summed E-state index contributed by atoms with van der Waals surface area (Å²) in [5.74, 6) is 0.705. The topological polar surface area (TPSA) is 56.9 Å². The number of rotatable bonds is 4. The summed E-state index contributed by atoms with van der Waals surface area (Å²) >= 11 is 1.50. The highest BCUT2D eigenvalue weighted by atomic mass is 32.1. The number of carbonyl (C=O) groups excluding carboxylic acids is 1. The first-order valence-corrected chi connectivity index (χ1v) is 8.29. The monoisotopic (exact) mass is 320 g/mol. The third kappa shape index (κ3) is 3.40. The Bertz CT molecular complexity index is 615. The standard InChI is InChI=1S/C16H20N2O3S/c1-12-9-15(22-11-12)16(20)18-6-4-17(5-7-18)10-13(19)14-3-2-8-21-14/h2-3,8-9,11,13,19H,4-7,10H2,1H3/t13-/m1/s1. The first kappa shape index (κ1) is 15.3. The van der Waals surface area contributed by atoms with E-state index >= 15 is 0 Å². The smallest absolute Gasteiger partial charge is 0.264 e. The molecule has 3 heterocycles. The zero-order chi connectivity index (χ0) is 15.5. The summed E-state index contributed by atoms with van der Waals surface area (Å²) in [7, 11) is 0. The third-order valence-corrected chi connectivity index (χ3v) is 4.94. The van der Waals surface area contributed by atoms with Crippen LogP contribution in [0.5, 0.6) is 0 Å². The van der Waals surface area contributed by atoms with E-state index in [1.165, 1.54) is 11.3 Å². The van der Waals surface area contributed by atoms with Crippen molar-refractivity contribution < 1.29 is 14.3 Å². The number of thiophene rings is 1. The van der Waals surface area contributed by atoms with Crippen molar-refractivity contribution in [1.29, 1.82) is 0 Å². The Morgan fingerprint density at radius 2 is 2.18 bits per heavy atom. The number of aryl methyl sites for hydroxylation is 1. The molecule has 1 N–H and O–H groups in total. The molecule has 1 atom stereocenters. The zero-order valence-electron chi connectivity index (χ0n) is 12.6. The maximum Gasteiger partial charge on any atom is 0.264 e. The van der Waals surface area contributed by atoms with Gasteiger partial charge in [-0.05, 0) is 36.1 Å². The summed E-state index contributed by atoms with van der Waals surface area (Å²) in [5.41, 5.74) is 1.13. The van der Waals surface area contributed by atoms with Gasteiger partial charge in [0.2, 0.25) is 0 Å². The Kier molecular flexibility index (Phi) is 4.61. The molecule has 0 bridgehead atoms. The molecule has 3 rings (SSSR count). The van der Waals surface area contributed by atoms with Gasteiger partial charge in [-0.1, -0.05) is 0 Å². The Balaban J connectivity index is 1.51. The Morgan fingerprint density at radius 1 is 1.41 bits per heavy atom. The van der Waals surface area contributed by atoms with Crippen molar-refractivity contribution in [3.8, 4) is 0 Å². The van der Waals surface area contributed by atoms with Gasteiger partial charge in [-0.3, -0.25) is 9.69 Å². The van der Waals surface area contributed by atoms with Crippen molar-refractivity contribution in [2.45, 2.75) is 13.0 Å². The van der Waals surface area contributed by atoms with Crippen LogP contribution in [-0.2, 0) is 0 Å². The lowest BCUT2D eigenvalue weighted by atomic mass is 10.2. The maximum absolute atomic E-state index is 12.4. The van der Waals surface area contributed by atoms with Crippen molar-refractivity contribution in [2.75, 3.05) is 32.7 Å². The van der Waals surface area contributed by atoms with Gasteiger partial charge in [0.25, 0.3) is 5.91 Å². The summed E-state index contributed by atoms with van der Waals surface area (Å²) in [5, 5.41) is 12.1. The quantitative estimate of drug-likeness (QED) is 0.938. The predicted octanol–water partition coefficient (Wildman–Crippen LogP) is 2.14. The summed E-state index contributed by atoms with van der Waals surface area (Å²) in [6.45, 7) is 5.47. The molecule has 0 unspecified atom stereocenters. The number of hydrogen-bond donors (Lipinski definition) is 1. The van der Waals surface area contributed by atoms with Crippen LogP contribution in [0.15, 0.2) is 34.3 Å². The average Bonchev–Trinajstić information content (AvgIpc) is 3.18. The first-order valence-electron chi connectivity index (χ1n) is 7.42. The number of carbonyl (C=O) groups is 1. The van der Waals surface area contributed by atoms with Crippen molar-refractivity contribution in [1.82, 2.24) is 9.80 Å². The normalized spacial score (nSPS) is 17.6. The van der Waals surface area contributed by atoms with E-state index in [0.717, 1.165) is 23.5 Å². The molecule has 118 valence electrons. The molecule has 1 aliphatic heterocycles. The van der Waals surface area contributed by atoms with Gasteiger partial charge in [0.1, 0.15) is 11.9 Å². The molecule has 1 aliphatic rings. The number of aliphatic hydroxyl groups excluding tert-OH is 1. The fraction of sp³-hybridized carbons (Fsp3) is 0.438. The molecule has 1 fully saturated rings. The number of piperazine rings is 1. The van der Waals surface area contributed by atoms with E-state index in [0.29, 0.717) is 25.4 Å². The van der Waals surface area contributed by atoms with Crippen LogP contribution in [0.2, 0.25) is 0 Å². The number of amides is 1. The van der Waals surface area contributed by atoms with Crippen molar-refractivity contribution >= 4 is 17.2 Å². The van der Waals surface area contributed by atoms with Gasteiger partial charge in [0, 0.05) is 32.7 Å². The van der Waals surface area contributed by atoms with Gasteiger partial charge < -0.3 is 14.4 Å². The number of nitrogens with zero attached hydrogens (tertiary/aromatic N) is 2.